The molecule has 0 radical (unpaired) electrons. The van der Waals surface area contributed by atoms with E-state index in [9.17, 15) is 4.79 Å². The molecule has 0 unspecified atom stereocenters. The largest absolute Gasteiger partial charge is 0.493 e. The lowest BCUT2D eigenvalue weighted by molar-refractivity contribution is -0.121. The van der Waals surface area contributed by atoms with Gasteiger partial charge in [-0.3, -0.25) is 4.79 Å². The first-order valence-electron chi connectivity index (χ1n) is 8.05. The molecular weight excluding hydrogens is 320 g/mol. The number of rotatable bonds is 8. The van der Waals surface area contributed by atoms with Gasteiger partial charge in [0.15, 0.2) is 11.5 Å². The molecule has 0 fully saturated rings. The highest BCUT2D eigenvalue weighted by atomic mass is 16.5. The van der Waals surface area contributed by atoms with Crippen LogP contribution in [0.4, 0.5) is 5.95 Å². The van der Waals surface area contributed by atoms with Crippen molar-refractivity contribution < 1.29 is 14.3 Å². The summed E-state index contributed by atoms with van der Waals surface area (Å²) in [5.41, 5.74) is 2.73. The number of anilines is 1. The highest BCUT2D eigenvalue weighted by molar-refractivity contribution is 5.76. The van der Waals surface area contributed by atoms with Crippen molar-refractivity contribution in [2.75, 3.05) is 26.1 Å². The van der Waals surface area contributed by atoms with E-state index in [1.165, 1.54) is 0 Å². The van der Waals surface area contributed by atoms with Crippen molar-refractivity contribution in [3.63, 3.8) is 0 Å². The maximum atomic E-state index is 12.0. The Balaban J connectivity index is 1.79. The summed E-state index contributed by atoms with van der Waals surface area (Å²) in [4.78, 5) is 20.5. The molecule has 0 bridgehead atoms. The Kier molecular flexibility index (Phi) is 6.56. The van der Waals surface area contributed by atoms with E-state index in [1.54, 1.807) is 14.2 Å². The van der Waals surface area contributed by atoms with Crippen molar-refractivity contribution >= 4 is 11.9 Å². The Morgan fingerprint density at radius 1 is 1.04 bits per heavy atom. The molecular formula is C18H24N4O3. The first kappa shape index (κ1) is 18.5. The van der Waals surface area contributed by atoms with Gasteiger partial charge in [0, 0.05) is 30.9 Å². The van der Waals surface area contributed by atoms with Gasteiger partial charge in [-0.1, -0.05) is 6.07 Å². The van der Waals surface area contributed by atoms with E-state index in [2.05, 4.69) is 20.6 Å². The molecule has 1 aromatic heterocycles. The van der Waals surface area contributed by atoms with Gasteiger partial charge in [0.05, 0.1) is 14.2 Å². The summed E-state index contributed by atoms with van der Waals surface area (Å²) in [5, 5.41) is 5.95. The third kappa shape index (κ3) is 5.63. The van der Waals surface area contributed by atoms with E-state index >= 15 is 0 Å². The number of amides is 1. The Labute approximate surface area is 147 Å². The molecule has 0 aliphatic rings. The average Bonchev–Trinajstić information content (AvgIpc) is 2.58. The molecule has 0 atom stereocenters. The standard InChI is InChI=1S/C18H24N4O3/c1-12-9-13(2)22-18(21-12)19-8-7-17(23)20-11-14-5-6-15(24-3)16(10-14)25-4/h5-6,9-10H,7-8,11H2,1-4H3,(H,20,23)(H,19,21,22). The lowest BCUT2D eigenvalue weighted by atomic mass is 10.2. The summed E-state index contributed by atoms with van der Waals surface area (Å²) in [7, 11) is 3.17. The SMILES string of the molecule is COc1ccc(CNC(=O)CCNc2nc(C)cc(C)n2)cc1OC. The number of carbonyl (C=O) groups is 1. The van der Waals surface area contributed by atoms with Crippen molar-refractivity contribution in [1.29, 1.82) is 0 Å². The number of aryl methyl sites for hydroxylation is 2. The Morgan fingerprint density at radius 3 is 2.36 bits per heavy atom. The van der Waals surface area contributed by atoms with E-state index in [0.29, 0.717) is 37.0 Å². The molecule has 2 aromatic rings. The van der Waals surface area contributed by atoms with E-state index in [-0.39, 0.29) is 5.91 Å². The number of hydrogen-bond acceptors (Lipinski definition) is 6. The molecule has 0 saturated heterocycles. The maximum Gasteiger partial charge on any atom is 0.223 e. The molecule has 0 aliphatic carbocycles. The van der Waals surface area contributed by atoms with Crippen LogP contribution in [0.2, 0.25) is 0 Å². The number of nitrogens with one attached hydrogen (secondary N) is 2. The van der Waals surface area contributed by atoms with Crippen LogP contribution in [0.3, 0.4) is 0 Å². The van der Waals surface area contributed by atoms with Gasteiger partial charge < -0.3 is 20.1 Å². The van der Waals surface area contributed by atoms with E-state index in [4.69, 9.17) is 9.47 Å². The molecule has 134 valence electrons. The zero-order valence-electron chi connectivity index (χ0n) is 15.0. The predicted octanol–water partition coefficient (Wildman–Crippen LogP) is 2.23. The van der Waals surface area contributed by atoms with Gasteiger partial charge in [0.2, 0.25) is 11.9 Å². The summed E-state index contributed by atoms with van der Waals surface area (Å²) in [6, 6.07) is 7.46. The summed E-state index contributed by atoms with van der Waals surface area (Å²) < 4.78 is 10.5. The lowest BCUT2D eigenvalue weighted by Crippen LogP contribution is -2.25. The van der Waals surface area contributed by atoms with Crippen molar-refractivity contribution in [2.45, 2.75) is 26.8 Å². The Hall–Kier alpha value is -2.83. The van der Waals surface area contributed by atoms with Crippen LogP contribution in [0, 0.1) is 13.8 Å². The molecule has 0 saturated carbocycles. The number of methoxy groups -OCH3 is 2. The van der Waals surface area contributed by atoms with Crippen LogP contribution < -0.4 is 20.1 Å². The molecule has 7 heteroatoms. The number of hydrogen-bond donors (Lipinski definition) is 2. The van der Waals surface area contributed by atoms with Gasteiger partial charge in [-0.2, -0.15) is 0 Å². The monoisotopic (exact) mass is 344 g/mol. The minimum atomic E-state index is -0.0494. The molecule has 7 nitrogen and oxygen atoms in total. The van der Waals surface area contributed by atoms with Crippen LogP contribution in [0.15, 0.2) is 24.3 Å². The van der Waals surface area contributed by atoms with Gasteiger partial charge in [0.1, 0.15) is 0 Å². The normalized spacial score (nSPS) is 10.2. The Bertz CT molecular complexity index is 714. The third-order valence-corrected chi connectivity index (χ3v) is 3.56. The van der Waals surface area contributed by atoms with Gasteiger partial charge in [-0.25, -0.2) is 9.97 Å². The van der Waals surface area contributed by atoms with Crippen LogP contribution >= 0.6 is 0 Å². The second kappa shape index (κ2) is 8.86. The Morgan fingerprint density at radius 2 is 1.72 bits per heavy atom. The summed E-state index contributed by atoms with van der Waals surface area (Å²) >= 11 is 0. The van der Waals surface area contributed by atoms with Crippen LogP contribution in [-0.2, 0) is 11.3 Å². The zero-order chi connectivity index (χ0) is 18.2. The minimum Gasteiger partial charge on any atom is -0.493 e. The van der Waals surface area contributed by atoms with Crippen LogP contribution in [0.5, 0.6) is 11.5 Å². The first-order chi connectivity index (χ1) is 12.0. The number of aromatic nitrogens is 2. The summed E-state index contributed by atoms with van der Waals surface area (Å²) in [5.74, 6) is 1.80. The van der Waals surface area contributed by atoms with Crippen LogP contribution in [-0.4, -0.2) is 36.6 Å². The summed E-state index contributed by atoms with van der Waals surface area (Å²) in [6.07, 6.45) is 0.337. The minimum absolute atomic E-state index is 0.0494. The zero-order valence-corrected chi connectivity index (χ0v) is 15.0. The molecule has 0 aliphatic heterocycles. The fourth-order valence-corrected chi connectivity index (χ4v) is 2.37. The van der Waals surface area contributed by atoms with Gasteiger partial charge in [0.25, 0.3) is 0 Å². The maximum absolute atomic E-state index is 12.0. The molecule has 1 amide bonds. The molecule has 25 heavy (non-hydrogen) atoms. The van der Waals surface area contributed by atoms with E-state index < -0.39 is 0 Å². The summed E-state index contributed by atoms with van der Waals surface area (Å²) in [6.45, 7) is 4.73. The van der Waals surface area contributed by atoms with E-state index in [0.717, 1.165) is 17.0 Å². The second-order valence-electron chi connectivity index (χ2n) is 5.62. The van der Waals surface area contributed by atoms with Crippen LogP contribution in [0.1, 0.15) is 23.4 Å². The van der Waals surface area contributed by atoms with Crippen molar-refractivity contribution in [3.8, 4) is 11.5 Å². The number of carbonyl (C=O) groups excluding carboxylic acids is 1. The molecule has 2 rings (SSSR count). The fourth-order valence-electron chi connectivity index (χ4n) is 2.37. The van der Waals surface area contributed by atoms with Gasteiger partial charge in [-0.15, -0.1) is 0 Å². The number of benzene rings is 1. The van der Waals surface area contributed by atoms with Gasteiger partial charge in [-0.05, 0) is 37.6 Å². The third-order valence-electron chi connectivity index (χ3n) is 3.56. The molecule has 1 heterocycles. The fraction of sp³-hybridized carbons (Fsp3) is 0.389. The first-order valence-corrected chi connectivity index (χ1v) is 8.05. The highest BCUT2D eigenvalue weighted by Crippen LogP contribution is 2.27. The van der Waals surface area contributed by atoms with Crippen LogP contribution in [0.25, 0.3) is 0 Å². The highest BCUT2D eigenvalue weighted by Gasteiger charge is 2.07. The number of ether oxygens (including phenoxy) is 2. The van der Waals surface area contributed by atoms with Gasteiger partial charge >= 0.3 is 0 Å². The van der Waals surface area contributed by atoms with E-state index in [1.807, 2.05) is 38.1 Å². The molecule has 0 spiro atoms. The second-order valence-corrected chi connectivity index (χ2v) is 5.62. The molecule has 2 N–H and O–H groups in total. The smallest absolute Gasteiger partial charge is 0.223 e. The molecule has 1 aromatic carbocycles. The predicted molar refractivity (Wildman–Crippen MR) is 96.0 cm³/mol. The van der Waals surface area contributed by atoms with Crippen molar-refractivity contribution in [2.24, 2.45) is 0 Å². The van der Waals surface area contributed by atoms with Crippen molar-refractivity contribution in [1.82, 2.24) is 15.3 Å². The quantitative estimate of drug-likeness (QED) is 0.764. The number of nitrogens with zero attached hydrogens (tertiary/aromatic N) is 2. The average molecular weight is 344 g/mol. The topological polar surface area (TPSA) is 85.4 Å². The lowest BCUT2D eigenvalue weighted by Gasteiger charge is -2.11. The van der Waals surface area contributed by atoms with Crippen molar-refractivity contribution in [3.05, 3.63) is 41.2 Å².